The molecule has 0 aromatic heterocycles. The molecule has 96 valence electrons. The minimum atomic E-state index is -1.75. The second-order valence-electron chi connectivity index (χ2n) is 5.63. The van der Waals surface area contributed by atoms with E-state index in [2.05, 4.69) is 26.1 Å². The molecule has 1 rings (SSSR count). The van der Waals surface area contributed by atoms with Crippen LogP contribution < -0.4 is 5.32 Å². The van der Waals surface area contributed by atoms with Gasteiger partial charge in [-0.15, -0.1) is 0 Å². The molecule has 16 heavy (non-hydrogen) atoms. The van der Waals surface area contributed by atoms with Crippen molar-refractivity contribution in [1.29, 1.82) is 0 Å². The average molecular weight is 332 g/mol. The molecule has 0 unspecified atom stereocenters. The molecular formula is C14H31NSn. The first-order valence-electron chi connectivity index (χ1n) is 7.52. The summed E-state index contributed by atoms with van der Waals surface area (Å²) in [5.74, 6) is 0. The molecule has 1 N–H and O–H groups in total. The topological polar surface area (TPSA) is 21.9 Å². The van der Waals surface area contributed by atoms with Crippen molar-refractivity contribution < 1.29 is 0 Å². The van der Waals surface area contributed by atoms with E-state index in [0.29, 0.717) is 0 Å². The van der Waals surface area contributed by atoms with Crippen molar-refractivity contribution >= 4 is 18.4 Å². The third-order valence-electron chi connectivity index (χ3n) is 4.23. The summed E-state index contributed by atoms with van der Waals surface area (Å²) in [5, 5.41) is 3.70. The predicted octanol–water partition coefficient (Wildman–Crippen LogP) is 4.35. The number of hydrogen-bond donors (Lipinski definition) is 1. The van der Waals surface area contributed by atoms with Crippen molar-refractivity contribution in [1.82, 2.24) is 5.32 Å². The quantitative estimate of drug-likeness (QED) is 0.466. The SMILES string of the molecule is CCC[CH2][Sn]([CH2]CCC)([CH2]CCC)[C@@H]1CN1. The molecule has 1 saturated heterocycles. The van der Waals surface area contributed by atoms with E-state index >= 15 is 0 Å². The molecule has 0 radical (unpaired) electrons. The van der Waals surface area contributed by atoms with Crippen LogP contribution in [0.3, 0.4) is 0 Å². The summed E-state index contributed by atoms with van der Waals surface area (Å²) >= 11 is -1.75. The zero-order valence-corrected chi connectivity index (χ0v) is 14.5. The Bertz CT molecular complexity index is 156. The second kappa shape index (κ2) is 7.97. The number of rotatable bonds is 10. The van der Waals surface area contributed by atoms with Gasteiger partial charge in [-0.2, -0.15) is 0 Å². The van der Waals surface area contributed by atoms with Gasteiger partial charge in [-0.1, -0.05) is 0 Å². The number of nitrogens with one attached hydrogen (secondary N) is 1. The Morgan fingerprint density at radius 2 is 1.25 bits per heavy atom. The van der Waals surface area contributed by atoms with Crippen LogP contribution in [0.15, 0.2) is 0 Å². The summed E-state index contributed by atoms with van der Waals surface area (Å²) in [6, 6.07) is 0. The third-order valence-corrected chi connectivity index (χ3v) is 21.2. The van der Waals surface area contributed by atoms with E-state index in [1.54, 1.807) is 13.3 Å². The monoisotopic (exact) mass is 333 g/mol. The third kappa shape index (κ3) is 4.56. The van der Waals surface area contributed by atoms with Crippen LogP contribution in [0.4, 0.5) is 0 Å². The summed E-state index contributed by atoms with van der Waals surface area (Å²) in [7, 11) is 0. The van der Waals surface area contributed by atoms with Crippen LogP contribution in [0.5, 0.6) is 0 Å². The van der Waals surface area contributed by atoms with E-state index in [0.717, 1.165) is 4.06 Å². The van der Waals surface area contributed by atoms with Crippen LogP contribution in [0.1, 0.15) is 59.3 Å². The summed E-state index contributed by atoms with van der Waals surface area (Å²) in [5.41, 5.74) is 0. The van der Waals surface area contributed by atoms with Gasteiger partial charge in [0.1, 0.15) is 0 Å². The normalized spacial score (nSPS) is 20.1. The van der Waals surface area contributed by atoms with Crippen LogP contribution in [-0.4, -0.2) is 29.0 Å². The molecule has 2 heteroatoms. The Morgan fingerprint density at radius 1 is 0.875 bits per heavy atom. The van der Waals surface area contributed by atoms with Gasteiger partial charge in [0.25, 0.3) is 0 Å². The molecule has 0 saturated carbocycles. The van der Waals surface area contributed by atoms with Crippen molar-refractivity contribution in [3.8, 4) is 0 Å². The maximum atomic E-state index is 3.70. The van der Waals surface area contributed by atoms with Gasteiger partial charge in [0.05, 0.1) is 0 Å². The summed E-state index contributed by atoms with van der Waals surface area (Å²) in [6.45, 7) is 8.46. The minimum absolute atomic E-state index is 1.07. The molecular weight excluding hydrogens is 301 g/mol. The Balaban J connectivity index is 2.52. The standard InChI is InChI=1S/3C4H9.C2H4N.Sn/c3*1-3-4-2;1-2-3-1;/h3*1,3-4H2,2H3;1,3H,2H2;. The predicted molar refractivity (Wildman–Crippen MR) is 76.7 cm³/mol. The molecule has 1 fully saturated rings. The molecule has 1 heterocycles. The first-order valence-corrected chi connectivity index (χ1v) is 15.2. The van der Waals surface area contributed by atoms with Gasteiger partial charge in [-0.3, -0.25) is 0 Å². The van der Waals surface area contributed by atoms with Gasteiger partial charge in [0.2, 0.25) is 0 Å². The Morgan fingerprint density at radius 3 is 1.50 bits per heavy atom. The van der Waals surface area contributed by atoms with Crippen molar-refractivity contribution in [3.05, 3.63) is 0 Å². The molecule has 1 nitrogen and oxygen atoms in total. The van der Waals surface area contributed by atoms with Gasteiger partial charge < -0.3 is 0 Å². The molecule has 0 aromatic carbocycles. The molecule has 0 amide bonds. The van der Waals surface area contributed by atoms with E-state index < -0.39 is 18.4 Å². The Hall–Kier alpha value is 0.759. The van der Waals surface area contributed by atoms with Gasteiger partial charge >= 0.3 is 107 Å². The second-order valence-corrected chi connectivity index (χ2v) is 19.7. The van der Waals surface area contributed by atoms with E-state index in [1.165, 1.54) is 45.1 Å². The fourth-order valence-electron chi connectivity index (χ4n) is 2.98. The van der Waals surface area contributed by atoms with Crippen LogP contribution in [-0.2, 0) is 0 Å². The molecule has 0 bridgehead atoms. The summed E-state index contributed by atoms with van der Waals surface area (Å²) < 4.78 is 6.08. The van der Waals surface area contributed by atoms with Crippen molar-refractivity contribution in [3.63, 3.8) is 0 Å². The van der Waals surface area contributed by atoms with Crippen LogP contribution in [0, 0.1) is 0 Å². The fraction of sp³-hybridized carbons (Fsp3) is 1.00. The average Bonchev–Trinajstić information content (AvgIpc) is 3.13. The molecule has 1 aliphatic rings. The Labute approximate surface area is 107 Å². The van der Waals surface area contributed by atoms with Crippen molar-refractivity contribution in [2.75, 3.05) is 6.54 Å². The van der Waals surface area contributed by atoms with E-state index in [-0.39, 0.29) is 0 Å². The maximum absolute atomic E-state index is 3.70. The first-order chi connectivity index (χ1) is 7.79. The molecule has 1 atom stereocenters. The van der Waals surface area contributed by atoms with E-state index in [1.807, 2.05) is 0 Å². The summed E-state index contributed by atoms with van der Waals surface area (Å²) in [6.07, 6.45) is 8.77. The number of hydrogen-bond acceptors (Lipinski definition) is 1. The molecule has 0 spiro atoms. The van der Waals surface area contributed by atoms with Gasteiger partial charge in [0, 0.05) is 0 Å². The molecule has 0 aromatic rings. The molecule has 1 aliphatic heterocycles. The zero-order chi connectivity index (χ0) is 11.9. The van der Waals surface area contributed by atoms with E-state index in [4.69, 9.17) is 0 Å². The van der Waals surface area contributed by atoms with Crippen molar-refractivity contribution in [2.24, 2.45) is 0 Å². The van der Waals surface area contributed by atoms with Crippen molar-refractivity contribution in [2.45, 2.75) is 76.7 Å². The molecule has 0 aliphatic carbocycles. The Kier molecular flexibility index (Phi) is 7.38. The zero-order valence-electron chi connectivity index (χ0n) is 11.6. The van der Waals surface area contributed by atoms with E-state index in [9.17, 15) is 0 Å². The van der Waals surface area contributed by atoms with Crippen LogP contribution >= 0.6 is 0 Å². The van der Waals surface area contributed by atoms with Gasteiger partial charge in [0.15, 0.2) is 0 Å². The van der Waals surface area contributed by atoms with Gasteiger partial charge in [-0.05, 0) is 0 Å². The first kappa shape index (κ1) is 14.8. The number of unbranched alkanes of at least 4 members (excludes halogenated alkanes) is 3. The van der Waals surface area contributed by atoms with Crippen LogP contribution in [0.25, 0.3) is 0 Å². The van der Waals surface area contributed by atoms with Gasteiger partial charge in [-0.25, -0.2) is 0 Å². The fourth-order valence-corrected chi connectivity index (χ4v) is 20.0. The van der Waals surface area contributed by atoms with Crippen LogP contribution in [0.2, 0.25) is 13.3 Å². The summed E-state index contributed by atoms with van der Waals surface area (Å²) in [4.78, 5) is 0.